The third-order valence-electron chi connectivity index (χ3n) is 4.49. The lowest BCUT2D eigenvalue weighted by molar-refractivity contribution is 0.0253. The van der Waals surface area contributed by atoms with E-state index in [0.29, 0.717) is 18.2 Å². The first-order valence-corrected chi connectivity index (χ1v) is 8.22. The fourth-order valence-electron chi connectivity index (χ4n) is 3.50. The number of hydrogen-bond donors (Lipinski definition) is 1. The van der Waals surface area contributed by atoms with Crippen molar-refractivity contribution < 1.29 is 4.74 Å². The number of pyridine rings is 1. The lowest BCUT2D eigenvalue weighted by Gasteiger charge is -2.38. The molecular weight excluding hydrogens is 262 g/mol. The monoisotopic (exact) mass is 289 g/mol. The van der Waals surface area contributed by atoms with Crippen LogP contribution in [0.3, 0.4) is 0 Å². The molecule has 1 aromatic heterocycles. The number of ether oxygens (including phenoxy) is 1. The Morgan fingerprint density at radius 3 is 3.05 bits per heavy atom. The molecule has 2 atom stereocenters. The van der Waals surface area contributed by atoms with Crippen LogP contribution in [-0.2, 0) is 11.3 Å². The first kappa shape index (κ1) is 14.8. The predicted octanol–water partition coefficient (Wildman–Crippen LogP) is 2.65. The van der Waals surface area contributed by atoms with Gasteiger partial charge >= 0.3 is 0 Å². The molecule has 2 fully saturated rings. The molecule has 21 heavy (non-hydrogen) atoms. The number of anilines is 1. The van der Waals surface area contributed by atoms with E-state index in [1.54, 1.807) is 0 Å². The zero-order valence-electron chi connectivity index (χ0n) is 13.4. The molecule has 2 heterocycles. The van der Waals surface area contributed by atoms with Crippen molar-refractivity contribution in [3.8, 4) is 0 Å². The van der Waals surface area contributed by atoms with E-state index in [1.165, 1.54) is 24.8 Å². The van der Waals surface area contributed by atoms with Crippen LogP contribution in [0, 0.1) is 6.92 Å². The second kappa shape index (κ2) is 6.32. The highest BCUT2D eigenvalue weighted by Gasteiger charge is 2.36. The number of nitrogens with zero attached hydrogens (tertiary/aromatic N) is 2. The maximum atomic E-state index is 5.91. The van der Waals surface area contributed by atoms with Gasteiger partial charge in [-0.15, -0.1) is 0 Å². The molecule has 1 aromatic rings. The van der Waals surface area contributed by atoms with Crippen molar-refractivity contribution in [2.75, 3.05) is 18.1 Å². The number of morpholine rings is 1. The van der Waals surface area contributed by atoms with Crippen LogP contribution < -0.4 is 10.2 Å². The van der Waals surface area contributed by atoms with E-state index in [9.17, 15) is 0 Å². The average Bonchev–Trinajstić information content (AvgIpc) is 2.92. The largest absolute Gasteiger partial charge is 0.374 e. The van der Waals surface area contributed by atoms with Gasteiger partial charge in [0.1, 0.15) is 5.82 Å². The molecule has 4 heteroatoms. The molecule has 0 bridgehead atoms. The fourth-order valence-corrected chi connectivity index (χ4v) is 3.50. The summed E-state index contributed by atoms with van der Waals surface area (Å²) in [6, 6.07) is 5.47. The summed E-state index contributed by atoms with van der Waals surface area (Å²) >= 11 is 0. The Morgan fingerprint density at radius 1 is 1.38 bits per heavy atom. The third kappa shape index (κ3) is 3.38. The second-order valence-corrected chi connectivity index (χ2v) is 6.61. The maximum Gasteiger partial charge on any atom is 0.129 e. The molecule has 2 unspecified atom stereocenters. The smallest absolute Gasteiger partial charge is 0.129 e. The van der Waals surface area contributed by atoms with Gasteiger partial charge < -0.3 is 15.0 Å². The number of aromatic nitrogens is 1. The van der Waals surface area contributed by atoms with Gasteiger partial charge in [-0.1, -0.05) is 13.8 Å². The van der Waals surface area contributed by atoms with Crippen LogP contribution in [0.5, 0.6) is 0 Å². The standard InChI is InChI=1S/C17H27N3O/c1-12(2)18-11-14-9-13(3)19-17(10-14)20-7-8-21-16-6-4-5-15(16)20/h9-10,12,15-16,18H,4-8,11H2,1-3H3. The normalized spacial score (nSPS) is 25.4. The van der Waals surface area contributed by atoms with Gasteiger partial charge in [0.15, 0.2) is 0 Å². The van der Waals surface area contributed by atoms with Gasteiger partial charge in [-0.2, -0.15) is 0 Å². The van der Waals surface area contributed by atoms with Gasteiger partial charge in [0, 0.05) is 24.8 Å². The van der Waals surface area contributed by atoms with Crippen LogP contribution in [0.2, 0.25) is 0 Å². The highest BCUT2D eigenvalue weighted by Crippen LogP contribution is 2.32. The number of hydrogen-bond acceptors (Lipinski definition) is 4. The van der Waals surface area contributed by atoms with Crippen molar-refractivity contribution in [1.29, 1.82) is 0 Å². The molecule has 1 saturated carbocycles. The van der Waals surface area contributed by atoms with Crippen LogP contribution in [0.1, 0.15) is 44.4 Å². The zero-order chi connectivity index (χ0) is 14.8. The molecule has 0 aromatic carbocycles. The van der Waals surface area contributed by atoms with Gasteiger partial charge in [-0.3, -0.25) is 0 Å². The topological polar surface area (TPSA) is 37.4 Å². The van der Waals surface area contributed by atoms with E-state index < -0.39 is 0 Å². The van der Waals surface area contributed by atoms with Crippen molar-refractivity contribution in [1.82, 2.24) is 10.3 Å². The Hall–Kier alpha value is -1.13. The Morgan fingerprint density at radius 2 is 2.24 bits per heavy atom. The van der Waals surface area contributed by atoms with Crippen molar-refractivity contribution in [3.63, 3.8) is 0 Å². The van der Waals surface area contributed by atoms with Crippen LogP contribution in [0.4, 0.5) is 5.82 Å². The molecule has 1 N–H and O–H groups in total. The molecular formula is C17H27N3O. The highest BCUT2D eigenvalue weighted by atomic mass is 16.5. The number of nitrogens with one attached hydrogen (secondary N) is 1. The molecule has 4 nitrogen and oxygen atoms in total. The zero-order valence-corrected chi connectivity index (χ0v) is 13.4. The predicted molar refractivity (Wildman–Crippen MR) is 85.7 cm³/mol. The Kier molecular flexibility index (Phi) is 4.45. The van der Waals surface area contributed by atoms with Gasteiger partial charge in [0.05, 0.1) is 18.8 Å². The quantitative estimate of drug-likeness (QED) is 0.924. The summed E-state index contributed by atoms with van der Waals surface area (Å²) in [5, 5.41) is 3.49. The molecule has 1 aliphatic carbocycles. The third-order valence-corrected chi connectivity index (χ3v) is 4.49. The molecule has 1 aliphatic heterocycles. The summed E-state index contributed by atoms with van der Waals surface area (Å²) in [6.45, 7) is 9.16. The molecule has 0 radical (unpaired) electrons. The lowest BCUT2D eigenvalue weighted by atomic mass is 10.1. The summed E-state index contributed by atoms with van der Waals surface area (Å²) < 4.78 is 5.91. The van der Waals surface area contributed by atoms with Gasteiger partial charge in [-0.05, 0) is 43.9 Å². The molecule has 116 valence electrons. The van der Waals surface area contributed by atoms with Gasteiger partial charge in [-0.25, -0.2) is 4.98 Å². The van der Waals surface area contributed by atoms with Crippen LogP contribution >= 0.6 is 0 Å². The van der Waals surface area contributed by atoms with Gasteiger partial charge in [0.25, 0.3) is 0 Å². The average molecular weight is 289 g/mol. The van der Waals surface area contributed by atoms with Gasteiger partial charge in [0.2, 0.25) is 0 Å². The first-order chi connectivity index (χ1) is 10.1. The molecule has 0 spiro atoms. The minimum Gasteiger partial charge on any atom is -0.374 e. The number of fused-ring (bicyclic) bond motifs is 1. The van der Waals surface area contributed by atoms with Crippen LogP contribution in [0.15, 0.2) is 12.1 Å². The van der Waals surface area contributed by atoms with Crippen molar-refractivity contribution in [2.45, 2.75) is 64.8 Å². The van der Waals surface area contributed by atoms with E-state index >= 15 is 0 Å². The summed E-state index contributed by atoms with van der Waals surface area (Å²) in [7, 11) is 0. The molecule has 0 amide bonds. The lowest BCUT2D eigenvalue weighted by Crippen LogP contribution is -2.49. The van der Waals surface area contributed by atoms with E-state index in [0.717, 1.165) is 31.2 Å². The molecule has 1 saturated heterocycles. The minimum absolute atomic E-state index is 0.415. The van der Waals surface area contributed by atoms with E-state index in [1.807, 2.05) is 0 Å². The Labute approximate surface area is 127 Å². The van der Waals surface area contributed by atoms with Crippen molar-refractivity contribution in [3.05, 3.63) is 23.4 Å². The van der Waals surface area contributed by atoms with E-state index in [4.69, 9.17) is 9.72 Å². The maximum absolute atomic E-state index is 5.91. The first-order valence-electron chi connectivity index (χ1n) is 8.22. The SMILES string of the molecule is Cc1cc(CNC(C)C)cc(N2CCOC3CCCC32)n1. The second-order valence-electron chi connectivity index (χ2n) is 6.61. The van der Waals surface area contributed by atoms with Crippen molar-refractivity contribution >= 4 is 5.82 Å². The summed E-state index contributed by atoms with van der Waals surface area (Å²) in [4.78, 5) is 7.27. The fraction of sp³-hybridized carbons (Fsp3) is 0.706. The van der Waals surface area contributed by atoms with Crippen molar-refractivity contribution in [2.24, 2.45) is 0 Å². The van der Waals surface area contributed by atoms with Crippen LogP contribution in [0.25, 0.3) is 0 Å². The molecule has 3 rings (SSSR count). The Bertz CT molecular complexity index is 489. The van der Waals surface area contributed by atoms with Crippen LogP contribution in [-0.4, -0.2) is 36.3 Å². The number of aryl methyl sites for hydroxylation is 1. The highest BCUT2D eigenvalue weighted by molar-refractivity contribution is 5.45. The van der Waals surface area contributed by atoms with E-state index in [-0.39, 0.29) is 0 Å². The summed E-state index contributed by atoms with van der Waals surface area (Å²) in [5.74, 6) is 1.13. The molecule has 2 aliphatic rings. The minimum atomic E-state index is 0.415. The summed E-state index contributed by atoms with van der Waals surface area (Å²) in [5.41, 5.74) is 2.43. The van der Waals surface area contributed by atoms with E-state index in [2.05, 4.69) is 43.1 Å². The number of rotatable bonds is 4. The summed E-state index contributed by atoms with van der Waals surface area (Å²) in [6.07, 6.45) is 4.13. The Balaban J connectivity index is 1.80.